The number of aliphatic imine (C=N–C) groups is 1. The van der Waals surface area contributed by atoms with E-state index in [1.165, 1.54) is 22.4 Å². The highest BCUT2D eigenvalue weighted by atomic mass is 16.8. The molecule has 2 N–H and O–H groups in total. The summed E-state index contributed by atoms with van der Waals surface area (Å²) in [6.45, 7) is 20.5. The summed E-state index contributed by atoms with van der Waals surface area (Å²) < 4.78 is 26.4. The second-order valence-corrected chi connectivity index (χ2v) is 18.5. The van der Waals surface area contributed by atoms with Crippen LogP contribution < -0.4 is 0 Å². The van der Waals surface area contributed by atoms with Gasteiger partial charge in [-0.15, -0.1) is 0 Å². The van der Waals surface area contributed by atoms with E-state index in [2.05, 4.69) is 47.3 Å². The molecule has 3 unspecified atom stereocenters. The Morgan fingerprint density at radius 3 is 2.47 bits per heavy atom. The van der Waals surface area contributed by atoms with Crippen LogP contribution in [-0.2, 0) is 23.7 Å². The van der Waals surface area contributed by atoms with Gasteiger partial charge in [0, 0.05) is 55.7 Å². The van der Waals surface area contributed by atoms with Gasteiger partial charge in [-0.2, -0.15) is 0 Å². The normalized spacial score (nSPS) is 49.4. The highest BCUT2D eigenvalue weighted by Crippen LogP contribution is 2.57. The van der Waals surface area contributed by atoms with Gasteiger partial charge in [0.15, 0.2) is 5.79 Å². The summed E-state index contributed by atoms with van der Waals surface area (Å²) in [7, 11) is 0. The van der Waals surface area contributed by atoms with Gasteiger partial charge in [-0.25, -0.2) is 0 Å². The largest absolute Gasteiger partial charge is 0.458 e. The van der Waals surface area contributed by atoms with Gasteiger partial charge in [0.05, 0.1) is 24.2 Å². The molecule has 6 heterocycles. The maximum Gasteiger partial charge on any atom is 0.309 e. The summed E-state index contributed by atoms with van der Waals surface area (Å²) in [5.41, 5.74) is 4.70. The molecular formula is C43H65NO7. The Balaban J connectivity index is 1.27. The van der Waals surface area contributed by atoms with Gasteiger partial charge in [-0.1, -0.05) is 51.5 Å². The number of cyclic esters (lactones) is 1. The number of hydrogen-bond acceptors (Lipinski definition) is 8. The van der Waals surface area contributed by atoms with Crippen LogP contribution in [0.15, 0.2) is 39.9 Å². The van der Waals surface area contributed by atoms with Crippen molar-refractivity contribution in [2.45, 2.75) is 180 Å². The molecule has 4 fully saturated rings. The molecule has 8 nitrogen and oxygen atoms in total. The molecule has 0 aromatic rings. The highest BCUT2D eigenvalue weighted by molar-refractivity contribution is 5.92. The fourth-order valence-electron chi connectivity index (χ4n) is 11.1. The van der Waals surface area contributed by atoms with Gasteiger partial charge in [-0.3, -0.25) is 9.79 Å². The Bertz CT molecular complexity index is 1480. The molecule has 0 amide bonds. The standard InChI is InChI=1S/C43H65NO7/c1-25-10-9-11-38-41(22-28(4)30(6)24-44-38)15-13-33(37-20-27(3)39(46)48-37)31(7)34(41)19-26(2)35(45)21-36-29(5)23-42(50-36)16-17-43(51-42)40(8,47)14-12-32(18-25)49-43/h19,27-30,32,34-37,45,47H,1,9-18,20-24H2,2-8H3/b26-19+/t27?,28-,29+,30-,32-,34-,35-,36+,37?,40+,41+,42?,43+/m0/s1. The SMILES string of the molecule is C=C1CCCC2=NC[C@H](C)[C@@H](C)C[C@@]23CCC(C2CC(C)C(=O)O2)=C(C)[C@@H]3/C=C(\C)[C@@H](O)C[C@H]2OC3(CC[C@@]4(O[C@@H](CC[C@@]4(C)O)C1)O3)C[C@H]2C. The number of hydrogen-bond donors (Lipinski definition) is 2. The molecule has 8 heteroatoms. The molecule has 284 valence electrons. The fourth-order valence-corrected chi connectivity index (χ4v) is 11.1. The summed E-state index contributed by atoms with van der Waals surface area (Å²) in [4.78, 5) is 18.1. The predicted octanol–water partition coefficient (Wildman–Crippen LogP) is 8.15. The summed E-state index contributed by atoms with van der Waals surface area (Å²) in [5.74, 6) is -0.927. The van der Waals surface area contributed by atoms with Crippen LogP contribution in [-0.4, -0.2) is 70.0 Å². The van der Waals surface area contributed by atoms with Crippen molar-refractivity contribution in [3.05, 3.63) is 34.9 Å². The van der Waals surface area contributed by atoms with E-state index in [0.29, 0.717) is 43.9 Å². The lowest BCUT2D eigenvalue weighted by Crippen LogP contribution is -2.60. The third-order valence-electron chi connectivity index (χ3n) is 14.6. The fraction of sp³-hybridized carbons (Fsp3) is 0.814. The minimum atomic E-state index is -1.12. The van der Waals surface area contributed by atoms with Gasteiger partial charge >= 0.3 is 5.97 Å². The lowest BCUT2D eigenvalue weighted by Gasteiger charge is -2.49. The van der Waals surface area contributed by atoms with Crippen molar-refractivity contribution >= 4 is 11.7 Å². The molecular weight excluding hydrogens is 642 g/mol. The van der Waals surface area contributed by atoms with E-state index in [1.807, 2.05) is 13.8 Å². The maximum atomic E-state index is 12.6. The van der Waals surface area contributed by atoms with E-state index >= 15 is 0 Å². The first kappa shape index (κ1) is 37.5. The number of aliphatic hydroxyl groups is 2. The molecule has 7 aliphatic rings. The number of fused-ring (bicyclic) bond motifs is 2. The second kappa shape index (κ2) is 13.8. The molecule has 4 saturated heterocycles. The third kappa shape index (κ3) is 6.77. The van der Waals surface area contributed by atoms with Crippen LogP contribution in [0.25, 0.3) is 0 Å². The number of nitrogens with zero attached hydrogens (tertiary/aromatic N) is 1. The predicted molar refractivity (Wildman–Crippen MR) is 198 cm³/mol. The number of esters is 1. The molecule has 0 saturated carbocycles. The van der Waals surface area contributed by atoms with Crippen molar-refractivity contribution < 1.29 is 34.0 Å². The van der Waals surface area contributed by atoms with E-state index in [1.54, 1.807) is 0 Å². The zero-order valence-electron chi connectivity index (χ0n) is 32.5. The number of ether oxygens (including phenoxy) is 4. The molecule has 13 atom stereocenters. The van der Waals surface area contributed by atoms with Crippen molar-refractivity contribution in [1.29, 1.82) is 0 Å². The first-order valence-corrected chi connectivity index (χ1v) is 20.3. The van der Waals surface area contributed by atoms with E-state index in [0.717, 1.165) is 69.9 Å². The Kier molecular flexibility index (Phi) is 10.1. The van der Waals surface area contributed by atoms with Crippen LogP contribution in [0.3, 0.4) is 0 Å². The number of allylic oxidation sites excluding steroid dienone is 2. The van der Waals surface area contributed by atoms with Crippen LogP contribution in [0.4, 0.5) is 0 Å². The number of rotatable bonds is 1. The van der Waals surface area contributed by atoms with Crippen LogP contribution >= 0.6 is 0 Å². The van der Waals surface area contributed by atoms with E-state index in [9.17, 15) is 15.0 Å². The highest BCUT2D eigenvalue weighted by Gasteiger charge is 2.64. The Morgan fingerprint density at radius 2 is 1.73 bits per heavy atom. The van der Waals surface area contributed by atoms with Gasteiger partial charge in [-0.05, 0) is 107 Å². The lowest BCUT2D eigenvalue weighted by atomic mass is 9.56. The van der Waals surface area contributed by atoms with Crippen molar-refractivity contribution in [2.75, 3.05) is 6.54 Å². The zero-order valence-corrected chi connectivity index (χ0v) is 32.5. The van der Waals surface area contributed by atoms with Crippen molar-refractivity contribution in [3.8, 4) is 0 Å². The summed E-state index contributed by atoms with van der Waals surface area (Å²) in [5, 5.41) is 23.6. The average molecular weight is 708 g/mol. The molecule has 1 aliphatic carbocycles. The van der Waals surface area contributed by atoms with E-state index in [-0.39, 0.29) is 47.4 Å². The summed E-state index contributed by atoms with van der Waals surface area (Å²) >= 11 is 0. The quantitative estimate of drug-likeness (QED) is 0.209. The molecule has 51 heavy (non-hydrogen) atoms. The molecule has 0 aromatic heterocycles. The minimum absolute atomic E-state index is 0.0449. The Labute approximate surface area is 306 Å². The van der Waals surface area contributed by atoms with E-state index in [4.69, 9.17) is 23.9 Å². The molecule has 3 spiro atoms. The van der Waals surface area contributed by atoms with Gasteiger partial charge in [0.25, 0.3) is 0 Å². The second-order valence-electron chi connectivity index (χ2n) is 18.5. The van der Waals surface area contributed by atoms with Crippen molar-refractivity contribution in [2.24, 2.45) is 40.0 Å². The maximum absolute atomic E-state index is 12.6. The van der Waals surface area contributed by atoms with Gasteiger partial charge in [0.2, 0.25) is 5.79 Å². The van der Waals surface area contributed by atoms with E-state index < -0.39 is 23.3 Å². The van der Waals surface area contributed by atoms with Crippen LogP contribution in [0.5, 0.6) is 0 Å². The molecule has 7 rings (SSSR count). The molecule has 0 radical (unpaired) electrons. The number of carbonyl (C=O) groups is 1. The molecule has 0 aromatic carbocycles. The molecule has 6 aliphatic heterocycles. The van der Waals surface area contributed by atoms with Crippen molar-refractivity contribution in [1.82, 2.24) is 0 Å². The van der Waals surface area contributed by atoms with Crippen LogP contribution in [0.1, 0.15) is 138 Å². The van der Waals surface area contributed by atoms with Gasteiger partial charge < -0.3 is 29.2 Å². The summed E-state index contributed by atoms with van der Waals surface area (Å²) in [6.07, 6.45) is 12.2. The summed E-state index contributed by atoms with van der Waals surface area (Å²) in [6, 6.07) is 0. The van der Waals surface area contributed by atoms with Gasteiger partial charge in [0.1, 0.15) is 11.7 Å². The topological polar surface area (TPSA) is 107 Å². The Morgan fingerprint density at radius 1 is 0.941 bits per heavy atom. The number of aliphatic hydroxyl groups excluding tert-OH is 1. The third-order valence-corrected chi connectivity index (χ3v) is 14.6. The first-order valence-electron chi connectivity index (χ1n) is 20.3. The average Bonchev–Trinajstić information content (AvgIpc) is 3.67. The van der Waals surface area contributed by atoms with Crippen LogP contribution in [0.2, 0.25) is 0 Å². The first-order chi connectivity index (χ1) is 24.1. The molecule has 4 bridgehead atoms. The smallest absolute Gasteiger partial charge is 0.309 e. The monoisotopic (exact) mass is 707 g/mol. The minimum Gasteiger partial charge on any atom is -0.458 e. The Hall–Kier alpha value is -1.84. The number of carbonyl (C=O) groups excluding carboxylic acids is 1. The lowest BCUT2D eigenvalue weighted by molar-refractivity contribution is -0.387. The zero-order chi connectivity index (χ0) is 36.5. The van der Waals surface area contributed by atoms with Crippen molar-refractivity contribution in [3.63, 3.8) is 0 Å². The van der Waals surface area contributed by atoms with Crippen LogP contribution in [0, 0.1) is 35.0 Å².